The Labute approximate surface area is 353 Å². The number of rotatable bonds is 12. The average molecular weight is 865 g/mol. The van der Waals surface area contributed by atoms with Gasteiger partial charge in [-0.3, -0.25) is 48.1 Å². The summed E-state index contributed by atoms with van der Waals surface area (Å²) in [6, 6.07) is 11.1. The van der Waals surface area contributed by atoms with Crippen molar-refractivity contribution >= 4 is 62.4 Å². The maximum absolute atomic E-state index is 15.5. The van der Waals surface area contributed by atoms with E-state index in [-0.39, 0.29) is 96.5 Å². The second kappa shape index (κ2) is 15.9. The van der Waals surface area contributed by atoms with Crippen molar-refractivity contribution in [3.05, 3.63) is 100.0 Å². The van der Waals surface area contributed by atoms with E-state index in [2.05, 4.69) is 26.0 Å². The first-order valence-electron chi connectivity index (χ1n) is 20.3. The Morgan fingerprint density at radius 3 is 2.45 bits per heavy atom. The second-order valence-corrected chi connectivity index (χ2v) is 17.7. The molecular formula is C42H41FN10O8S. The van der Waals surface area contributed by atoms with Gasteiger partial charge < -0.3 is 15.5 Å². The van der Waals surface area contributed by atoms with E-state index in [4.69, 9.17) is 0 Å². The molecule has 2 aromatic carbocycles. The number of pyridine rings is 1. The fraction of sp³-hybridized carbons (Fsp3) is 0.333. The van der Waals surface area contributed by atoms with Crippen molar-refractivity contribution in [3.63, 3.8) is 0 Å². The predicted octanol–water partition coefficient (Wildman–Crippen LogP) is 3.21. The van der Waals surface area contributed by atoms with E-state index in [1.807, 2.05) is 16.9 Å². The Hall–Kier alpha value is -6.80. The molecule has 1 saturated carbocycles. The zero-order chi connectivity index (χ0) is 43.4. The summed E-state index contributed by atoms with van der Waals surface area (Å²) in [6.45, 7) is 2.10. The Bertz CT molecular complexity index is 2890. The Morgan fingerprint density at radius 1 is 0.919 bits per heavy atom. The first kappa shape index (κ1) is 40.6. The van der Waals surface area contributed by atoms with Crippen LogP contribution < -0.4 is 21.5 Å². The van der Waals surface area contributed by atoms with Gasteiger partial charge in [0.15, 0.2) is 0 Å². The van der Waals surface area contributed by atoms with Crippen molar-refractivity contribution in [2.75, 3.05) is 43.4 Å². The highest BCUT2D eigenvalue weighted by Crippen LogP contribution is 2.36. The third kappa shape index (κ3) is 7.48. The molecule has 62 heavy (non-hydrogen) atoms. The lowest BCUT2D eigenvalue weighted by atomic mass is 10.0. The molecule has 9 rings (SSSR count). The van der Waals surface area contributed by atoms with Crippen LogP contribution in [0.25, 0.3) is 16.8 Å². The zero-order valence-electron chi connectivity index (χ0n) is 33.5. The SMILES string of the molecule is Cc1c(Nc2ccc(S(=O)(=O)N3CCN(C(=O)CCCNc4cccc5c4C(=O)N(C4CCC(=O)NC4=O)C5=O)CC3)cc2F)nc2ccc(-c3cnn(C4CC4)c3)cn2c1=O. The minimum absolute atomic E-state index is 0.00135. The monoisotopic (exact) mass is 864 g/mol. The van der Waals surface area contributed by atoms with Crippen molar-refractivity contribution in [3.8, 4) is 11.1 Å². The number of nitrogens with one attached hydrogen (secondary N) is 3. The van der Waals surface area contributed by atoms with Crippen LogP contribution in [0.1, 0.15) is 70.8 Å². The van der Waals surface area contributed by atoms with Gasteiger partial charge in [0.2, 0.25) is 27.7 Å². The van der Waals surface area contributed by atoms with Gasteiger partial charge in [-0.05, 0) is 75.1 Å². The number of sulfonamides is 1. The highest BCUT2D eigenvalue weighted by atomic mass is 32.2. The van der Waals surface area contributed by atoms with Crippen LogP contribution in [-0.4, -0.2) is 110 Å². The van der Waals surface area contributed by atoms with Gasteiger partial charge in [-0.25, -0.2) is 17.8 Å². The average Bonchev–Trinajstić information content (AvgIpc) is 3.94. The normalized spacial score (nSPS) is 18.3. The molecule has 3 fully saturated rings. The van der Waals surface area contributed by atoms with Crippen molar-refractivity contribution < 1.29 is 36.8 Å². The van der Waals surface area contributed by atoms with Crippen LogP contribution >= 0.6 is 0 Å². The molecule has 20 heteroatoms. The molecule has 0 radical (unpaired) electrons. The molecule has 2 saturated heterocycles. The number of imide groups is 2. The standard InChI is InChI=1S/C42H41FN10O8S/c1-24-38(47-34-13-7-25(22-51(34)40(24)57)26-21-45-52(23-26)27-8-9-27)46-31-11-10-28(20-30(31)43)62(60,61)50-18-16-49(17-19-50)36(55)6-3-15-44-32-5-2-4-29-37(32)42(59)53(41(29)58)33-12-14-35(54)48-39(33)56/h2,4-5,7,10-11,13,20-23,27,33,44,46H,3,6,8-9,12,14-19H2,1H3,(H,48,54,56). The summed E-state index contributed by atoms with van der Waals surface area (Å²) in [5.41, 5.74) is 2.46. The van der Waals surface area contributed by atoms with Gasteiger partial charge in [0.25, 0.3) is 17.4 Å². The van der Waals surface area contributed by atoms with Crippen LogP contribution in [0.4, 0.5) is 21.6 Å². The third-order valence-electron chi connectivity index (χ3n) is 11.7. The number of piperidine rings is 1. The number of hydrogen-bond donors (Lipinski definition) is 3. The Kier molecular flexibility index (Phi) is 10.4. The molecule has 3 aliphatic heterocycles. The Morgan fingerprint density at radius 2 is 1.71 bits per heavy atom. The first-order chi connectivity index (χ1) is 29.8. The minimum Gasteiger partial charge on any atom is -0.384 e. The zero-order valence-corrected chi connectivity index (χ0v) is 34.3. The minimum atomic E-state index is -4.13. The van der Waals surface area contributed by atoms with Crippen LogP contribution in [0.5, 0.6) is 0 Å². The van der Waals surface area contributed by atoms with Crippen molar-refractivity contribution in [2.24, 2.45) is 0 Å². The number of halogens is 1. The summed E-state index contributed by atoms with van der Waals surface area (Å²) < 4.78 is 47.3. The lowest BCUT2D eigenvalue weighted by Crippen LogP contribution is -2.54. The largest absolute Gasteiger partial charge is 0.384 e. The number of nitrogens with zero attached hydrogens (tertiary/aromatic N) is 7. The van der Waals surface area contributed by atoms with Gasteiger partial charge in [0.1, 0.15) is 23.3 Å². The number of benzene rings is 2. The van der Waals surface area contributed by atoms with E-state index in [9.17, 15) is 37.2 Å². The van der Waals surface area contributed by atoms with Gasteiger partial charge in [-0.1, -0.05) is 6.07 Å². The molecule has 320 valence electrons. The van der Waals surface area contributed by atoms with E-state index in [0.29, 0.717) is 23.8 Å². The fourth-order valence-corrected chi connectivity index (χ4v) is 9.48. The van der Waals surface area contributed by atoms with Crippen LogP contribution in [-0.2, 0) is 24.4 Å². The molecular weight excluding hydrogens is 824 g/mol. The van der Waals surface area contributed by atoms with E-state index in [0.717, 1.165) is 34.9 Å². The molecule has 1 aliphatic carbocycles. The number of piperazine rings is 1. The summed E-state index contributed by atoms with van der Waals surface area (Å²) in [6.07, 6.45) is 8.13. The van der Waals surface area contributed by atoms with E-state index in [1.165, 1.54) is 26.9 Å². The molecule has 3 N–H and O–H groups in total. The van der Waals surface area contributed by atoms with Gasteiger partial charge in [0, 0.05) is 74.8 Å². The van der Waals surface area contributed by atoms with Crippen LogP contribution in [0.3, 0.4) is 0 Å². The number of hydrogen-bond acceptors (Lipinski definition) is 12. The van der Waals surface area contributed by atoms with Gasteiger partial charge >= 0.3 is 0 Å². The molecule has 1 unspecified atom stereocenters. The van der Waals surface area contributed by atoms with E-state index in [1.54, 1.807) is 42.4 Å². The number of amides is 5. The van der Waals surface area contributed by atoms with E-state index >= 15 is 4.39 Å². The molecule has 6 heterocycles. The van der Waals surface area contributed by atoms with Crippen molar-refractivity contribution in [2.45, 2.75) is 62.4 Å². The van der Waals surface area contributed by atoms with Crippen LogP contribution in [0, 0.1) is 12.7 Å². The number of carbonyl (C=O) groups excluding carboxylic acids is 5. The van der Waals surface area contributed by atoms with Gasteiger partial charge in [0.05, 0.1) is 39.5 Å². The molecule has 0 spiro atoms. The summed E-state index contributed by atoms with van der Waals surface area (Å²) in [5, 5.41) is 12.6. The quantitative estimate of drug-likeness (QED) is 0.122. The fourth-order valence-electron chi connectivity index (χ4n) is 8.04. The van der Waals surface area contributed by atoms with E-state index < -0.39 is 45.5 Å². The summed E-state index contributed by atoms with van der Waals surface area (Å²) in [4.78, 5) is 83.8. The number of fused-ring (bicyclic) bond motifs is 2. The van der Waals surface area contributed by atoms with Crippen LogP contribution in [0.2, 0.25) is 0 Å². The number of anilines is 3. The molecule has 4 aliphatic rings. The first-order valence-corrected chi connectivity index (χ1v) is 21.7. The summed E-state index contributed by atoms with van der Waals surface area (Å²) in [7, 11) is -4.13. The van der Waals surface area contributed by atoms with Crippen molar-refractivity contribution in [1.29, 1.82) is 0 Å². The maximum atomic E-state index is 15.5. The van der Waals surface area contributed by atoms with Crippen molar-refractivity contribution in [1.82, 2.24) is 38.6 Å². The smallest absolute Gasteiger partial charge is 0.264 e. The Balaban J connectivity index is 0.779. The molecule has 3 aromatic heterocycles. The molecule has 1 atom stereocenters. The molecule has 5 aromatic rings. The molecule has 5 amide bonds. The third-order valence-corrected chi connectivity index (χ3v) is 13.6. The highest BCUT2D eigenvalue weighted by molar-refractivity contribution is 7.89. The van der Waals surface area contributed by atoms with Crippen LogP contribution in [0.15, 0.2) is 76.8 Å². The highest BCUT2D eigenvalue weighted by Gasteiger charge is 2.45. The predicted molar refractivity (Wildman–Crippen MR) is 222 cm³/mol. The summed E-state index contributed by atoms with van der Waals surface area (Å²) >= 11 is 0. The lowest BCUT2D eigenvalue weighted by molar-refractivity contribution is -0.136. The maximum Gasteiger partial charge on any atom is 0.264 e. The molecule has 0 bridgehead atoms. The summed E-state index contributed by atoms with van der Waals surface area (Å²) in [5.74, 6) is -3.35. The number of aromatic nitrogens is 4. The van der Waals surface area contributed by atoms with Gasteiger partial charge in [-0.2, -0.15) is 9.40 Å². The lowest BCUT2D eigenvalue weighted by Gasteiger charge is -2.34. The second-order valence-electron chi connectivity index (χ2n) is 15.7. The topological polar surface area (TPSA) is 217 Å². The van der Waals surface area contributed by atoms with Gasteiger partial charge in [-0.15, -0.1) is 0 Å². The molecule has 18 nitrogen and oxygen atoms in total. The number of carbonyl (C=O) groups is 5.